The monoisotopic (exact) mass is 332 g/mol. The minimum Gasteiger partial charge on any atom is -0.381 e. The van der Waals surface area contributed by atoms with Crippen LogP contribution < -0.4 is 4.90 Å². The highest BCUT2D eigenvalue weighted by molar-refractivity contribution is 5.82. The van der Waals surface area contributed by atoms with Crippen LogP contribution in [0.15, 0.2) is 24.5 Å². The Morgan fingerprint density at radius 1 is 1.21 bits per heavy atom. The summed E-state index contributed by atoms with van der Waals surface area (Å²) in [4.78, 5) is 25.2. The third-order valence-electron chi connectivity index (χ3n) is 5.45. The molecule has 1 aromatic rings. The summed E-state index contributed by atoms with van der Waals surface area (Å²) in [5.74, 6) is 0.160. The molecule has 1 amide bonds. The number of hydrogen-bond acceptors (Lipinski definition) is 5. The Hall–Kier alpha value is -2.02. The first-order valence-electron chi connectivity index (χ1n) is 8.42. The van der Waals surface area contributed by atoms with E-state index in [2.05, 4.69) is 9.97 Å². The van der Waals surface area contributed by atoms with Gasteiger partial charge in [-0.3, -0.25) is 4.79 Å². The maximum absolute atomic E-state index is 13.1. The third kappa shape index (κ3) is 2.66. The smallest absolute Gasteiger partial charge is 0.228 e. The van der Waals surface area contributed by atoms with Gasteiger partial charge in [-0.1, -0.05) is 12.2 Å². The molecule has 1 aromatic heterocycles. The van der Waals surface area contributed by atoms with Gasteiger partial charge in [-0.05, 0) is 12.8 Å². The van der Waals surface area contributed by atoms with E-state index in [4.69, 9.17) is 4.74 Å². The first-order valence-corrected chi connectivity index (χ1v) is 8.42. The van der Waals surface area contributed by atoms with Gasteiger partial charge in [-0.2, -0.15) is 0 Å². The molecule has 0 N–H and O–H groups in total. The lowest BCUT2D eigenvalue weighted by atomic mass is 9.71. The zero-order valence-corrected chi connectivity index (χ0v) is 13.5. The van der Waals surface area contributed by atoms with Gasteiger partial charge in [0.25, 0.3) is 0 Å². The van der Waals surface area contributed by atoms with Crippen LogP contribution >= 0.6 is 0 Å². The molecule has 3 aliphatic heterocycles. The predicted molar refractivity (Wildman–Crippen MR) is 85.9 cm³/mol. The number of amides is 1. The van der Waals surface area contributed by atoms with Crippen molar-refractivity contribution in [3.63, 3.8) is 0 Å². The van der Waals surface area contributed by atoms with Crippen LogP contribution in [0, 0.1) is 17.2 Å². The van der Waals surface area contributed by atoms with E-state index in [1.54, 1.807) is 0 Å². The number of rotatable bonds is 2. The van der Waals surface area contributed by atoms with Gasteiger partial charge >= 0.3 is 0 Å². The molecular weight excluding hydrogens is 311 g/mol. The fourth-order valence-corrected chi connectivity index (χ4v) is 4.09. The number of hydrogen-bond donors (Lipinski definition) is 0. The quantitative estimate of drug-likeness (QED) is 0.763. The summed E-state index contributed by atoms with van der Waals surface area (Å²) in [5.41, 5.74) is -0.102. The van der Waals surface area contributed by atoms with Gasteiger partial charge in [-0.15, -0.1) is 0 Å². The second-order valence-electron chi connectivity index (χ2n) is 6.82. The molecule has 2 fully saturated rings. The SMILES string of the molecule is O=C([C@@H]1CN(c2ncc(F)cn2)CC12CCOCC2)N1CC=CC1. The molecule has 0 saturated carbocycles. The lowest BCUT2D eigenvalue weighted by molar-refractivity contribution is -0.139. The second-order valence-corrected chi connectivity index (χ2v) is 6.82. The van der Waals surface area contributed by atoms with Gasteiger partial charge in [0.2, 0.25) is 11.9 Å². The number of halogens is 1. The van der Waals surface area contributed by atoms with Gasteiger partial charge in [0.05, 0.1) is 18.3 Å². The summed E-state index contributed by atoms with van der Waals surface area (Å²) in [6.07, 6.45) is 8.15. The lowest BCUT2D eigenvalue weighted by Gasteiger charge is -2.38. The first kappa shape index (κ1) is 15.5. The molecule has 2 saturated heterocycles. The van der Waals surface area contributed by atoms with Gasteiger partial charge in [0.1, 0.15) is 0 Å². The number of anilines is 1. The van der Waals surface area contributed by atoms with Crippen LogP contribution in [0.1, 0.15) is 12.8 Å². The number of ether oxygens (including phenoxy) is 1. The van der Waals surface area contributed by atoms with Crippen LogP contribution in [0.4, 0.5) is 10.3 Å². The second kappa shape index (κ2) is 6.12. The average molecular weight is 332 g/mol. The van der Waals surface area contributed by atoms with Crippen LogP contribution in [-0.4, -0.2) is 60.2 Å². The Bertz CT molecular complexity index is 634. The summed E-state index contributed by atoms with van der Waals surface area (Å²) >= 11 is 0. The van der Waals surface area contributed by atoms with Crippen molar-refractivity contribution in [2.75, 3.05) is 44.3 Å². The van der Waals surface area contributed by atoms with Crippen LogP contribution in [0.3, 0.4) is 0 Å². The molecule has 24 heavy (non-hydrogen) atoms. The molecule has 1 atom stereocenters. The van der Waals surface area contributed by atoms with Gasteiger partial charge < -0.3 is 14.5 Å². The van der Waals surface area contributed by atoms with E-state index >= 15 is 0 Å². The Labute approximate surface area is 140 Å². The zero-order chi connectivity index (χ0) is 16.6. The van der Waals surface area contributed by atoms with Crippen LogP contribution in [0.5, 0.6) is 0 Å². The summed E-state index contributed by atoms with van der Waals surface area (Å²) in [5, 5.41) is 0. The number of nitrogens with zero attached hydrogens (tertiary/aromatic N) is 4. The van der Waals surface area contributed by atoms with E-state index in [-0.39, 0.29) is 17.2 Å². The molecule has 3 aliphatic rings. The van der Waals surface area contributed by atoms with E-state index in [9.17, 15) is 9.18 Å². The Morgan fingerprint density at radius 3 is 2.54 bits per heavy atom. The van der Waals surface area contributed by atoms with Crippen molar-refractivity contribution < 1.29 is 13.9 Å². The molecule has 0 bridgehead atoms. The predicted octanol–water partition coefficient (Wildman–Crippen LogP) is 1.25. The number of carbonyl (C=O) groups excluding carboxylic acids is 1. The van der Waals surface area contributed by atoms with Gasteiger partial charge in [0.15, 0.2) is 5.82 Å². The first-order chi connectivity index (χ1) is 11.7. The molecule has 4 rings (SSSR count). The van der Waals surface area contributed by atoms with Crippen molar-refractivity contribution in [2.24, 2.45) is 11.3 Å². The highest BCUT2D eigenvalue weighted by Crippen LogP contribution is 2.45. The Balaban J connectivity index is 1.60. The maximum atomic E-state index is 13.1. The topological polar surface area (TPSA) is 58.6 Å². The third-order valence-corrected chi connectivity index (χ3v) is 5.45. The summed E-state index contributed by atoms with van der Waals surface area (Å²) in [6.45, 7) is 4.05. The van der Waals surface area contributed by atoms with Gasteiger partial charge in [-0.25, -0.2) is 14.4 Å². The van der Waals surface area contributed by atoms with Crippen molar-refractivity contribution in [2.45, 2.75) is 12.8 Å². The fraction of sp³-hybridized carbons (Fsp3) is 0.588. The average Bonchev–Trinajstić information content (AvgIpc) is 3.25. The van der Waals surface area contributed by atoms with Gasteiger partial charge in [0, 0.05) is 44.8 Å². The Morgan fingerprint density at radius 2 is 1.88 bits per heavy atom. The fourth-order valence-electron chi connectivity index (χ4n) is 4.09. The molecule has 1 spiro atoms. The number of aromatic nitrogens is 2. The lowest BCUT2D eigenvalue weighted by Crippen LogP contribution is -2.45. The van der Waals surface area contributed by atoms with E-state index < -0.39 is 5.82 Å². The molecule has 0 aliphatic carbocycles. The normalized spacial score (nSPS) is 25.6. The molecule has 0 radical (unpaired) electrons. The number of carbonyl (C=O) groups is 1. The van der Waals surface area contributed by atoms with Crippen molar-refractivity contribution in [1.82, 2.24) is 14.9 Å². The maximum Gasteiger partial charge on any atom is 0.228 e. The molecule has 6 nitrogen and oxygen atoms in total. The molecule has 7 heteroatoms. The minimum absolute atomic E-state index is 0.0880. The van der Waals surface area contributed by atoms with Crippen LogP contribution in [-0.2, 0) is 9.53 Å². The van der Waals surface area contributed by atoms with Crippen molar-refractivity contribution in [1.29, 1.82) is 0 Å². The van der Waals surface area contributed by atoms with Crippen LogP contribution in [0.2, 0.25) is 0 Å². The molecule has 128 valence electrons. The highest BCUT2D eigenvalue weighted by Gasteiger charge is 2.52. The molecular formula is C17H21FN4O2. The van der Waals surface area contributed by atoms with E-state index in [1.165, 1.54) is 12.4 Å². The minimum atomic E-state index is -0.450. The van der Waals surface area contributed by atoms with Crippen molar-refractivity contribution in [3.05, 3.63) is 30.4 Å². The summed E-state index contributed by atoms with van der Waals surface area (Å²) < 4.78 is 18.6. The van der Waals surface area contributed by atoms with E-state index in [0.29, 0.717) is 38.8 Å². The molecule has 0 aromatic carbocycles. The van der Waals surface area contributed by atoms with Crippen molar-refractivity contribution >= 4 is 11.9 Å². The standard InChI is InChI=1S/C17H21FN4O2/c18-13-9-19-16(20-10-13)22-11-14(15(23)21-5-1-2-6-21)17(12-22)3-7-24-8-4-17/h1-2,9-10,14H,3-8,11-12H2/t14-/m0/s1. The Kier molecular flexibility index (Phi) is 3.96. The zero-order valence-electron chi connectivity index (χ0n) is 13.5. The van der Waals surface area contributed by atoms with E-state index in [1.807, 2.05) is 22.0 Å². The molecule has 4 heterocycles. The summed E-state index contributed by atoms with van der Waals surface area (Å²) in [6, 6.07) is 0. The molecule has 0 unspecified atom stereocenters. The van der Waals surface area contributed by atoms with E-state index in [0.717, 1.165) is 19.4 Å². The van der Waals surface area contributed by atoms with Crippen molar-refractivity contribution in [3.8, 4) is 0 Å². The summed E-state index contributed by atoms with van der Waals surface area (Å²) in [7, 11) is 0. The van der Waals surface area contributed by atoms with Crippen LogP contribution in [0.25, 0.3) is 0 Å². The largest absolute Gasteiger partial charge is 0.381 e. The highest BCUT2D eigenvalue weighted by atomic mass is 19.1.